The Morgan fingerprint density at radius 3 is 1.73 bits per heavy atom. The first-order valence-electron chi connectivity index (χ1n) is 4.48. The van der Waals surface area contributed by atoms with Crippen LogP contribution in [-0.2, 0) is 0 Å². The van der Waals surface area contributed by atoms with Gasteiger partial charge in [0.25, 0.3) is 0 Å². The van der Waals surface area contributed by atoms with Crippen LogP contribution in [0.25, 0.3) is 0 Å². The Morgan fingerprint density at radius 2 is 1.36 bits per heavy atom. The van der Waals surface area contributed by atoms with Crippen LogP contribution in [0.1, 0.15) is 19.3 Å². The van der Waals surface area contributed by atoms with Gasteiger partial charge in [-0.3, -0.25) is 0 Å². The van der Waals surface area contributed by atoms with E-state index in [1.165, 1.54) is 19.3 Å². The third-order valence-corrected chi connectivity index (χ3v) is 4.34. The summed E-state index contributed by atoms with van der Waals surface area (Å²) in [5.74, 6) is 4.99. The molecule has 0 aromatic heterocycles. The van der Waals surface area contributed by atoms with E-state index in [0.717, 1.165) is 35.4 Å². The lowest BCUT2D eigenvalue weighted by molar-refractivity contribution is 0.266. The minimum absolute atomic E-state index is 0.743. The molecule has 0 aliphatic heterocycles. The molecule has 2 aliphatic rings. The molecule has 0 saturated heterocycles. The Balaban J connectivity index is 2.08. The summed E-state index contributed by atoms with van der Waals surface area (Å²) in [6.07, 6.45) is 4.24. The zero-order valence-electron chi connectivity index (χ0n) is 6.60. The van der Waals surface area contributed by atoms with Gasteiger partial charge in [-0.15, -0.1) is 23.2 Å². The van der Waals surface area contributed by atoms with E-state index in [1.54, 1.807) is 0 Å². The van der Waals surface area contributed by atoms with Gasteiger partial charge in [-0.1, -0.05) is 0 Å². The molecule has 2 heteroatoms. The van der Waals surface area contributed by atoms with E-state index in [4.69, 9.17) is 23.2 Å². The molecular weight excluding hydrogens is 179 g/mol. The summed E-state index contributed by atoms with van der Waals surface area (Å²) in [5.41, 5.74) is 0. The van der Waals surface area contributed by atoms with Crippen molar-refractivity contribution in [1.82, 2.24) is 0 Å². The summed E-state index contributed by atoms with van der Waals surface area (Å²) < 4.78 is 0. The van der Waals surface area contributed by atoms with Crippen molar-refractivity contribution in [3.8, 4) is 0 Å². The zero-order valence-corrected chi connectivity index (χ0v) is 8.11. The molecule has 0 amide bonds. The van der Waals surface area contributed by atoms with E-state index in [9.17, 15) is 0 Å². The summed E-state index contributed by atoms with van der Waals surface area (Å²) in [7, 11) is 0. The molecule has 4 atom stereocenters. The minimum atomic E-state index is 0.743. The first-order valence-corrected chi connectivity index (χ1v) is 5.55. The average Bonchev–Trinajstić information content (AvgIpc) is 2.60. The molecule has 0 aromatic carbocycles. The molecule has 0 radical (unpaired) electrons. The second-order valence-corrected chi connectivity index (χ2v) is 4.59. The number of hydrogen-bond donors (Lipinski definition) is 0. The SMILES string of the molecule is ClCC1C2CCC(C2)C1CCl. The predicted octanol–water partition coefficient (Wildman–Crippen LogP) is 3.13. The molecule has 0 N–H and O–H groups in total. The fourth-order valence-corrected chi connectivity index (χ4v) is 3.97. The summed E-state index contributed by atoms with van der Waals surface area (Å²) in [4.78, 5) is 0. The van der Waals surface area contributed by atoms with Gasteiger partial charge >= 0.3 is 0 Å². The van der Waals surface area contributed by atoms with Crippen molar-refractivity contribution in [2.45, 2.75) is 19.3 Å². The number of rotatable bonds is 2. The first-order chi connectivity index (χ1) is 5.36. The molecule has 2 bridgehead atoms. The third-order valence-electron chi connectivity index (χ3n) is 3.63. The molecule has 0 spiro atoms. The van der Waals surface area contributed by atoms with Crippen LogP contribution in [0.4, 0.5) is 0 Å². The van der Waals surface area contributed by atoms with E-state index in [0.29, 0.717) is 0 Å². The van der Waals surface area contributed by atoms with Crippen molar-refractivity contribution in [3.63, 3.8) is 0 Å². The second-order valence-electron chi connectivity index (χ2n) is 3.97. The van der Waals surface area contributed by atoms with Crippen LogP contribution in [0.3, 0.4) is 0 Å². The maximum Gasteiger partial charge on any atom is 0.0257 e. The lowest BCUT2D eigenvalue weighted by atomic mass is 9.81. The Hall–Kier alpha value is 0.580. The highest BCUT2D eigenvalue weighted by atomic mass is 35.5. The molecule has 2 saturated carbocycles. The van der Waals surface area contributed by atoms with Crippen molar-refractivity contribution >= 4 is 23.2 Å². The van der Waals surface area contributed by atoms with E-state index in [1.807, 2.05) is 0 Å². The van der Waals surface area contributed by atoms with Gasteiger partial charge < -0.3 is 0 Å². The molecule has 11 heavy (non-hydrogen) atoms. The zero-order chi connectivity index (χ0) is 7.84. The largest absolute Gasteiger partial charge is 0.126 e. The molecule has 0 heterocycles. The Labute approximate surface area is 78.3 Å². The molecule has 2 rings (SSSR count). The third kappa shape index (κ3) is 1.19. The smallest absolute Gasteiger partial charge is 0.0257 e. The normalized spacial score (nSPS) is 48.5. The van der Waals surface area contributed by atoms with Gasteiger partial charge in [0, 0.05) is 11.8 Å². The summed E-state index contributed by atoms with van der Waals surface area (Å²) >= 11 is 11.8. The monoisotopic (exact) mass is 192 g/mol. The van der Waals surface area contributed by atoms with Crippen molar-refractivity contribution in [2.24, 2.45) is 23.7 Å². The quantitative estimate of drug-likeness (QED) is 0.591. The van der Waals surface area contributed by atoms with E-state index >= 15 is 0 Å². The summed E-state index contributed by atoms with van der Waals surface area (Å²) in [6, 6.07) is 0. The predicted molar refractivity (Wildman–Crippen MR) is 49.3 cm³/mol. The van der Waals surface area contributed by atoms with Crippen LogP contribution in [-0.4, -0.2) is 11.8 Å². The average molecular weight is 193 g/mol. The van der Waals surface area contributed by atoms with Gasteiger partial charge in [-0.2, -0.15) is 0 Å². The van der Waals surface area contributed by atoms with Crippen molar-refractivity contribution in [3.05, 3.63) is 0 Å². The first kappa shape index (κ1) is 8.19. The highest BCUT2D eigenvalue weighted by molar-refractivity contribution is 6.19. The van der Waals surface area contributed by atoms with Crippen molar-refractivity contribution < 1.29 is 0 Å². The van der Waals surface area contributed by atoms with Crippen molar-refractivity contribution in [2.75, 3.05) is 11.8 Å². The van der Waals surface area contributed by atoms with Crippen LogP contribution in [0.15, 0.2) is 0 Å². The molecular formula is C9H14Cl2. The van der Waals surface area contributed by atoms with Crippen molar-refractivity contribution in [1.29, 1.82) is 0 Å². The van der Waals surface area contributed by atoms with Gasteiger partial charge in [0.2, 0.25) is 0 Å². The maximum atomic E-state index is 5.92. The fraction of sp³-hybridized carbons (Fsp3) is 1.00. The van der Waals surface area contributed by atoms with Gasteiger partial charge in [0.05, 0.1) is 0 Å². The van der Waals surface area contributed by atoms with Gasteiger partial charge in [-0.05, 0) is 42.9 Å². The van der Waals surface area contributed by atoms with Crippen LogP contribution in [0.5, 0.6) is 0 Å². The topological polar surface area (TPSA) is 0 Å². The molecule has 2 aliphatic carbocycles. The molecule has 4 unspecified atom stereocenters. The fourth-order valence-electron chi connectivity index (χ4n) is 3.01. The van der Waals surface area contributed by atoms with Crippen LogP contribution in [0, 0.1) is 23.7 Å². The highest BCUT2D eigenvalue weighted by Gasteiger charge is 2.46. The summed E-state index contributed by atoms with van der Waals surface area (Å²) in [5, 5.41) is 0. The van der Waals surface area contributed by atoms with Crippen LogP contribution < -0.4 is 0 Å². The number of alkyl halides is 2. The molecule has 0 nitrogen and oxygen atoms in total. The maximum absolute atomic E-state index is 5.92. The molecule has 2 fully saturated rings. The Morgan fingerprint density at radius 1 is 0.909 bits per heavy atom. The minimum Gasteiger partial charge on any atom is -0.126 e. The van der Waals surface area contributed by atoms with E-state index in [2.05, 4.69) is 0 Å². The van der Waals surface area contributed by atoms with Crippen LogP contribution >= 0.6 is 23.2 Å². The number of hydrogen-bond acceptors (Lipinski definition) is 0. The molecule has 0 aromatic rings. The van der Waals surface area contributed by atoms with Gasteiger partial charge in [-0.25, -0.2) is 0 Å². The van der Waals surface area contributed by atoms with Gasteiger partial charge in [0.15, 0.2) is 0 Å². The lowest BCUT2D eigenvalue weighted by Gasteiger charge is -2.27. The highest BCUT2D eigenvalue weighted by Crippen LogP contribution is 2.52. The second kappa shape index (κ2) is 3.14. The lowest BCUT2D eigenvalue weighted by Crippen LogP contribution is -2.24. The Bertz CT molecular complexity index is 130. The summed E-state index contributed by atoms with van der Waals surface area (Å²) in [6.45, 7) is 0. The number of halogens is 2. The van der Waals surface area contributed by atoms with Gasteiger partial charge in [0.1, 0.15) is 0 Å². The van der Waals surface area contributed by atoms with E-state index < -0.39 is 0 Å². The Kier molecular flexibility index (Phi) is 2.34. The standard InChI is InChI=1S/C9H14Cl2/c10-4-8-6-1-2-7(3-6)9(8)5-11/h6-9H,1-5H2. The van der Waals surface area contributed by atoms with Crippen LogP contribution in [0.2, 0.25) is 0 Å². The number of fused-ring (bicyclic) bond motifs is 2. The van der Waals surface area contributed by atoms with E-state index in [-0.39, 0.29) is 0 Å². The molecule has 64 valence electrons.